The largest absolute Gasteiger partial charge is 0.367 e. The van der Waals surface area contributed by atoms with Crippen LogP contribution in [0.3, 0.4) is 0 Å². The summed E-state index contributed by atoms with van der Waals surface area (Å²) in [6.45, 7) is 2.42. The normalized spacial score (nSPS) is 26.7. The van der Waals surface area contributed by atoms with Gasteiger partial charge in [-0.15, -0.1) is 0 Å². The van der Waals surface area contributed by atoms with E-state index in [0.717, 1.165) is 31.2 Å². The fraction of sp³-hybridized carbons (Fsp3) is 0.571. The average Bonchev–Trinajstić information content (AvgIpc) is 2.85. The van der Waals surface area contributed by atoms with E-state index in [0.29, 0.717) is 16.8 Å². The Morgan fingerprint density at radius 1 is 1.37 bits per heavy atom. The predicted octanol–water partition coefficient (Wildman–Crippen LogP) is 2.65. The average molecular weight is 277 g/mol. The molecule has 1 aromatic heterocycles. The number of rotatable bonds is 2. The van der Waals surface area contributed by atoms with Gasteiger partial charge in [0.25, 0.3) is 0 Å². The predicted molar refractivity (Wildman–Crippen MR) is 75.2 cm³/mol. The standard InChI is InChI=1S/C14H17ClN4/c15-13-6-10(9-16)7-14(18-13)17-11-3-5-19-4-1-2-12(19)8-11/h6-7,11-12H,1-5,8H2,(H,17,18). The number of nitrogens with one attached hydrogen (secondary N) is 1. The van der Waals surface area contributed by atoms with Crippen LogP contribution in [0.4, 0.5) is 5.82 Å². The van der Waals surface area contributed by atoms with Crippen molar-refractivity contribution >= 4 is 17.4 Å². The summed E-state index contributed by atoms with van der Waals surface area (Å²) < 4.78 is 0. The molecule has 1 N–H and O–H groups in total. The zero-order chi connectivity index (χ0) is 13.2. The van der Waals surface area contributed by atoms with Crippen LogP contribution < -0.4 is 5.32 Å². The number of pyridine rings is 1. The third-order valence-electron chi connectivity index (χ3n) is 4.10. The summed E-state index contributed by atoms with van der Waals surface area (Å²) in [6, 6.07) is 6.63. The first-order chi connectivity index (χ1) is 9.24. The zero-order valence-corrected chi connectivity index (χ0v) is 11.5. The summed E-state index contributed by atoms with van der Waals surface area (Å²) in [4.78, 5) is 6.84. The Labute approximate surface area is 118 Å². The molecular weight excluding hydrogens is 260 g/mol. The summed E-state index contributed by atoms with van der Waals surface area (Å²) in [5.74, 6) is 0.723. The Morgan fingerprint density at radius 2 is 2.26 bits per heavy atom. The smallest absolute Gasteiger partial charge is 0.132 e. The molecule has 1 aromatic rings. The molecule has 3 rings (SSSR count). The number of nitrogens with zero attached hydrogens (tertiary/aromatic N) is 3. The lowest BCUT2D eigenvalue weighted by Gasteiger charge is -2.35. The molecule has 0 aliphatic carbocycles. The highest BCUT2D eigenvalue weighted by Gasteiger charge is 2.31. The highest BCUT2D eigenvalue weighted by Crippen LogP contribution is 2.28. The van der Waals surface area contributed by atoms with Crippen LogP contribution in [0.2, 0.25) is 5.15 Å². The number of hydrogen-bond acceptors (Lipinski definition) is 4. The first-order valence-corrected chi connectivity index (χ1v) is 7.20. The first-order valence-electron chi connectivity index (χ1n) is 6.83. The van der Waals surface area contributed by atoms with Crippen molar-refractivity contribution < 1.29 is 0 Å². The lowest BCUT2D eigenvalue weighted by Crippen LogP contribution is -2.42. The number of piperidine rings is 1. The van der Waals surface area contributed by atoms with Crippen molar-refractivity contribution in [1.82, 2.24) is 9.88 Å². The lowest BCUT2D eigenvalue weighted by molar-refractivity contribution is 0.188. The minimum atomic E-state index is 0.375. The van der Waals surface area contributed by atoms with Crippen LogP contribution in [-0.2, 0) is 0 Å². The van der Waals surface area contributed by atoms with E-state index in [4.69, 9.17) is 16.9 Å². The number of halogens is 1. The number of anilines is 1. The summed E-state index contributed by atoms with van der Waals surface area (Å²) in [7, 11) is 0. The summed E-state index contributed by atoms with van der Waals surface area (Å²) in [5, 5.41) is 12.8. The molecule has 2 aliphatic heterocycles. The first kappa shape index (κ1) is 12.7. The summed E-state index contributed by atoms with van der Waals surface area (Å²) in [6.07, 6.45) is 4.93. The van der Waals surface area contributed by atoms with Crippen molar-refractivity contribution in [2.24, 2.45) is 0 Å². The summed E-state index contributed by atoms with van der Waals surface area (Å²) in [5.41, 5.74) is 0.556. The number of aromatic nitrogens is 1. The van der Waals surface area contributed by atoms with Crippen molar-refractivity contribution in [3.05, 3.63) is 22.8 Å². The van der Waals surface area contributed by atoms with Crippen molar-refractivity contribution in [2.75, 3.05) is 18.4 Å². The molecule has 2 saturated heterocycles. The van der Waals surface area contributed by atoms with Gasteiger partial charge in [0.1, 0.15) is 11.0 Å². The van der Waals surface area contributed by atoms with Crippen molar-refractivity contribution in [3.63, 3.8) is 0 Å². The van der Waals surface area contributed by atoms with Gasteiger partial charge in [0.05, 0.1) is 11.6 Å². The van der Waals surface area contributed by atoms with Gasteiger partial charge in [-0.2, -0.15) is 5.26 Å². The number of hydrogen-bond donors (Lipinski definition) is 1. The molecule has 2 atom stereocenters. The third kappa shape index (κ3) is 2.83. The van der Waals surface area contributed by atoms with E-state index in [-0.39, 0.29) is 0 Å². The quantitative estimate of drug-likeness (QED) is 0.844. The van der Waals surface area contributed by atoms with Crippen LogP contribution in [0.25, 0.3) is 0 Å². The Hall–Kier alpha value is -1.31. The van der Waals surface area contributed by atoms with Gasteiger partial charge in [0.15, 0.2) is 0 Å². The Bertz CT molecular complexity index is 511. The molecule has 0 radical (unpaired) electrons. The molecule has 100 valence electrons. The van der Waals surface area contributed by atoms with Gasteiger partial charge >= 0.3 is 0 Å². The second kappa shape index (κ2) is 5.36. The fourth-order valence-corrected chi connectivity index (χ4v) is 3.41. The molecule has 4 nitrogen and oxygen atoms in total. The molecule has 2 unspecified atom stereocenters. The molecule has 0 spiro atoms. The lowest BCUT2D eigenvalue weighted by atomic mass is 9.97. The molecule has 19 heavy (non-hydrogen) atoms. The van der Waals surface area contributed by atoms with Crippen LogP contribution in [0, 0.1) is 11.3 Å². The molecule has 0 aromatic carbocycles. The van der Waals surface area contributed by atoms with Crippen LogP contribution in [-0.4, -0.2) is 35.1 Å². The van der Waals surface area contributed by atoms with Gasteiger partial charge in [0, 0.05) is 18.6 Å². The number of fused-ring (bicyclic) bond motifs is 1. The van der Waals surface area contributed by atoms with E-state index in [1.54, 1.807) is 12.1 Å². The van der Waals surface area contributed by atoms with Gasteiger partial charge in [-0.25, -0.2) is 4.98 Å². The van der Waals surface area contributed by atoms with Crippen LogP contribution in [0.5, 0.6) is 0 Å². The minimum Gasteiger partial charge on any atom is -0.367 e. The van der Waals surface area contributed by atoms with E-state index in [2.05, 4.69) is 21.3 Å². The monoisotopic (exact) mass is 276 g/mol. The number of nitriles is 1. The second-order valence-electron chi connectivity index (χ2n) is 5.37. The van der Waals surface area contributed by atoms with E-state index in [9.17, 15) is 0 Å². The van der Waals surface area contributed by atoms with Crippen molar-refractivity contribution in [2.45, 2.75) is 37.8 Å². The fourth-order valence-electron chi connectivity index (χ4n) is 3.20. The van der Waals surface area contributed by atoms with Gasteiger partial charge in [-0.3, -0.25) is 0 Å². The van der Waals surface area contributed by atoms with Crippen molar-refractivity contribution in [1.29, 1.82) is 5.26 Å². The highest BCUT2D eigenvalue weighted by atomic mass is 35.5. The molecule has 5 heteroatoms. The maximum absolute atomic E-state index is 8.94. The Balaban J connectivity index is 1.68. The Kier molecular flexibility index (Phi) is 3.58. The molecule has 0 amide bonds. The molecule has 0 bridgehead atoms. The van der Waals surface area contributed by atoms with Gasteiger partial charge in [-0.05, 0) is 44.4 Å². The maximum Gasteiger partial charge on any atom is 0.132 e. The molecule has 3 heterocycles. The molecule has 2 fully saturated rings. The molecule has 0 saturated carbocycles. The van der Waals surface area contributed by atoms with E-state index in [1.165, 1.54) is 19.4 Å². The van der Waals surface area contributed by atoms with Gasteiger partial charge < -0.3 is 10.2 Å². The minimum absolute atomic E-state index is 0.375. The van der Waals surface area contributed by atoms with Crippen LogP contribution in [0.15, 0.2) is 12.1 Å². The molecular formula is C14H17ClN4. The SMILES string of the molecule is N#Cc1cc(Cl)nc(NC2CCN3CCCC3C2)c1. The van der Waals surface area contributed by atoms with Gasteiger partial charge in [0.2, 0.25) is 0 Å². The van der Waals surface area contributed by atoms with Crippen LogP contribution in [0.1, 0.15) is 31.2 Å². The second-order valence-corrected chi connectivity index (χ2v) is 5.76. The molecule has 2 aliphatic rings. The van der Waals surface area contributed by atoms with E-state index < -0.39 is 0 Å². The Morgan fingerprint density at radius 3 is 3.11 bits per heavy atom. The van der Waals surface area contributed by atoms with Gasteiger partial charge in [-0.1, -0.05) is 11.6 Å². The zero-order valence-electron chi connectivity index (χ0n) is 10.8. The van der Waals surface area contributed by atoms with Crippen molar-refractivity contribution in [3.8, 4) is 6.07 Å². The van der Waals surface area contributed by atoms with E-state index in [1.807, 2.05) is 0 Å². The third-order valence-corrected chi connectivity index (χ3v) is 4.29. The van der Waals surface area contributed by atoms with E-state index >= 15 is 0 Å². The maximum atomic E-state index is 8.94. The van der Waals surface area contributed by atoms with Crippen LogP contribution >= 0.6 is 11.6 Å². The summed E-state index contributed by atoms with van der Waals surface area (Å²) >= 11 is 5.93. The highest BCUT2D eigenvalue weighted by molar-refractivity contribution is 6.29. The topological polar surface area (TPSA) is 52.0 Å².